The molecule has 100 valence electrons. The number of benzene rings is 1. The van der Waals surface area contributed by atoms with E-state index >= 15 is 0 Å². The first kappa shape index (κ1) is 13.7. The predicted molar refractivity (Wildman–Crippen MR) is 72.9 cm³/mol. The maximum absolute atomic E-state index is 10.7. The van der Waals surface area contributed by atoms with Crippen LogP contribution in [0.2, 0.25) is 0 Å². The smallest absolute Gasteiger partial charge is 0.337 e. The molecule has 0 unspecified atom stereocenters. The van der Waals surface area contributed by atoms with Crippen molar-refractivity contribution in [1.29, 1.82) is 5.26 Å². The molecule has 1 aromatic carbocycles. The van der Waals surface area contributed by atoms with E-state index < -0.39 is 5.97 Å². The average molecular weight is 267 g/mol. The molecule has 0 aliphatic heterocycles. The highest BCUT2D eigenvalue weighted by Gasteiger charge is 2.02. The number of aromatic nitrogens is 1. The molecule has 0 spiro atoms. The minimum Gasteiger partial charge on any atom is -0.478 e. The molecule has 0 aliphatic rings. The second-order valence-electron chi connectivity index (χ2n) is 4.26. The normalized spacial score (nSPS) is 9.95. The zero-order valence-electron chi connectivity index (χ0n) is 10.7. The zero-order valence-corrected chi connectivity index (χ0v) is 10.7. The van der Waals surface area contributed by atoms with Gasteiger partial charge in [-0.25, -0.2) is 4.79 Å². The van der Waals surface area contributed by atoms with E-state index in [9.17, 15) is 4.79 Å². The lowest BCUT2D eigenvalue weighted by atomic mass is 10.1. The van der Waals surface area contributed by atoms with Gasteiger partial charge in [-0.3, -0.25) is 4.98 Å². The summed E-state index contributed by atoms with van der Waals surface area (Å²) in [5.74, 6) is -0.977. The Bertz CT molecular complexity index is 628. The minimum absolute atomic E-state index is 0.181. The fraction of sp³-hybridized carbons (Fsp3) is 0.133. The summed E-state index contributed by atoms with van der Waals surface area (Å²) in [5.41, 5.74) is 2.68. The van der Waals surface area contributed by atoms with Crippen molar-refractivity contribution >= 4 is 5.97 Å². The van der Waals surface area contributed by atoms with Gasteiger partial charge in [0.1, 0.15) is 0 Å². The number of carboxylic acids is 1. The third kappa shape index (κ3) is 3.64. The molecule has 1 heterocycles. The van der Waals surface area contributed by atoms with Gasteiger partial charge < -0.3 is 10.4 Å². The van der Waals surface area contributed by atoms with Crippen molar-refractivity contribution in [1.82, 2.24) is 10.3 Å². The molecule has 5 heteroatoms. The number of hydrogen-bond acceptors (Lipinski definition) is 4. The molecule has 20 heavy (non-hydrogen) atoms. The van der Waals surface area contributed by atoms with Crippen LogP contribution in [0.25, 0.3) is 0 Å². The summed E-state index contributed by atoms with van der Waals surface area (Å²) >= 11 is 0. The van der Waals surface area contributed by atoms with Gasteiger partial charge in [-0.1, -0.05) is 12.1 Å². The van der Waals surface area contributed by atoms with Crippen LogP contribution in [0.5, 0.6) is 0 Å². The molecule has 5 nitrogen and oxygen atoms in total. The molecule has 0 bridgehead atoms. The molecule has 0 amide bonds. The summed E-state index contributed by atoms with van der Waals surface area (Å²) < 4.78 is 0. The van der Waals surface area contributed by atoms with Crippen molar-refractivity contribution in [2.75, 3.05) is 0 Å². The fourth-order valence-electron chi connectivity index (χ4n) is 1.69. The maximum Gasteiger partial charge on any atom is 0.337 e. The Morgan fingerprint density at radius 3 is 2.50 bits per heavy atom. The number of carboxylic acid groups (broad SMARTS) is 1. The van der Waals surface area contributed by atoms with Gasteiger partial charge in [0, 0.05) is 19.3 Å². The number of pyridine rings is 1. The molecule has 0 fully saturated rings. The van der Waals surface area contributed by atoms with Crippen molar-refractivity contribution in [3.05, 3.63) is 65.0 Å². The van der Waals surface area contributed by atoms with Gasteiger partial charge in [0.25, 0.3) is 0 Å². The average Bonchev–Trinajstić information content (AvgIpc) is 2.48. The highest BCUT2D eigenvalue weighted by atomic mass is 16.4. The topological polar surface area (TPSA) is 86.0 Å². The third-order valence-corrected chi connectivity index (χ3v) is 2.79. The Kier molecular flexibility index (Phi) is 4.43. The quantitative estimate of drug-likeness (QED) is 0.864. The summed E-state index contributed by atoms with van der Waals surface area (Å²) in [4.78, 5) is 14.8. The lowest BCUT2D eigenvalue weighted by molar-refractivity contribution is 0.0696. The lowest BCUT2D eigenvalue weighted by Gasteiger charge is -2.05. The number of rotatable bonds is 5. The van der Waals surface area contributed by atoms with E-state index in [2.05, 4.69) is 16.4 Å². The highest BCUT2D eigenvalue weighted by molar-refractivity contribution is 5.87. The van der Waals surface area contributed by atoms with Crippen molar-refractivity contribution in [2.45, 2.75) is 13.1 Å². The van der Waals surface area contributed by atoms with E-state index in [1.165, 1.54) is 12.3 Å². The van der Waals surface area contributed by atoms with E-state index in [0.29, 0.717) is 18.7 Å². The molecule has 1 aromatic heterocycles. The molecular weight excluding hydrogens is 254 g/mol. The number of hydrogen-bond donors (Lipinski definition) is 2. The molecule has 2 N–H and O–H groups in total. The fourth-order valence-corrected chi connectivity index (χ4v) is 1.69. The molecular formula is C15H13N3O2. The van der Waals surface area contributed by atoms with Crippen LogP contribution in [0.4, 0.5) is 0 Å². The molecule has 0 atom stereocenters. The van der Waals surface area contributed by atoms with Gasteiger partial charge in [0.05, 0.1) is 22.9 Å². The summed E-state index contributed by atoms with van der Waals surface area (Å²) in [6, 6.07) is 12.6. The largest absolute Gasteiger partial charge is 0.478 e. The molecule has 0 aliphatic carbocycles. The monoisotopic (exact) mass is 267 g/mol. The van der Waals surface area contributed by atoms with Crippen LogP contribution in [0.3, 0.4) is 0 Å². The van der Waals surface area contributed by atoms with E-state index in [1.807, 2.05) is 12.1 Å². The number of nitrogens with zero attached hydrogens (tertiary/aromatic N) is 2. The van der Waals surface area contributed by atoms with Crippen LogP contribution >= 0.6 is 0 Å². The van der Waals surface area contributed by atoms with Crippen molar-refractivity contribution < 1.29 is 9.90 Å². The van der Waals surface area contributed by atoms with Gasteiger partial charge in [-0.15, -0.1) is 0 Å². The Morgan fingerprint density at radius 1 is 1.20 bits per heavy atom. The van der Waals surface area contributed by atoms with E-state index in [4.69, 9.17) is 10.4 Å². The Morgan fingerprint density at radius 2 is 1.95 bits per heavy atom. The minimum atomic E-state index is -0.977. The maximum atomic E-state index is 10.7. The Hall–Kier alpha value is -2.71. The second-order valence-corrected chi connectivity index (χ2v) is 4.26. The summed E-state index contributed by atoms with van der Waals surface area (Å²) in [7, 11) is 0. The van der Waals surface area contributed by atoms with Crippen molar-refractivity contribution in [3.8, 4) is 6.07 Å². The van der Waals surface area contributed by atoms with Crippen LogP contribution in [0.15, 0.2) is 42.6 Å². The number of nitriles is 1. The molecule has 0 radical (unpaired) electrons. The lowest BCUT2D eigenvalue weighted by Crippen LogP contribution is -2.13. The number of aromatic carboxylic acids is 1. The Labute approximate surface area is 116 Å². The van der Waals surface area contributed by atoms with Crippen molar-refractivity contribution in [3.63, 3.8) is 0 Å². The number of nitrogens with one attached hydrogen (secondary N) is 1. The van der Waals surface area contributed by atoms with E-state index in [-0.39, 0.29) is 5.56 Å². The van der Waals surface area contributed by atoms with Crippen molar-refractivity contribution in [2.24, 2.45) is 0 Å². The second kappa shape index (κ2) is 6.45. The van der Waals surface area contributed by atoms with Crippen LogP contribution in [0.1, 0.15) is 27.2 Å². The highest BCUT2D eigenvalue weighted by Crippen LogP contribution is 2.04. The predicted octanol–water partition coefficient (Wildman–Crippen LogP) is 1.94. The van der Waals surface area contributed by atoms with Crippen LogP contribution in [0, 0.1) is 11.3 Å². The van der Waals surface area contributed by atoms with Gasteiger partial charge in [-0.05, 0) is 29.8 Å². The SMILES string of the molecule is N#Cc1ccc(CNCc2ccc(C(=O)O)cn2)cc1. The van der Waals surface area contributed by atoms with Crippen LogP contribution in [-0.4, -0.2) is 16.1 Å². The standard InChI is InChI=1S/C15H13N3O2/c16-7-11-1-3-12(4-2-11)8-17-10-14-6-5-13(9-18-14)15(19)20/h1-6,9,17H,8,10H2,(H,19,20). The summed E-state index contributed by atoms with van der Waals surface area (Å²) in [5, 5.41) is 20.7. The first-order chi connectivity index (χ1) is 9.69. The Balaban J connectivity index is 1.86. The summed E-state index contributed by atoms with van der Waals surface area (Å²) in [6.07, 6.45) is 1.35. The first-order valence-corrected chi connectivity index (χ1v) is 6.07. The van der Waals surface area contributed by atoms with Gasteiger partial charge in [0.15, 0.2) is 0 Å². The summed E-state index contributed by atoms with van der Waals surface area (Å²) in [6.45, 7) is 1.22. The first-order valence-electron chi connectivity index (χ1n) is 6.07. The molecule has 0 saturated carbocycles. The number of carbonyl (C=O) groups is 1. The molecule has 2 rings (SSSR count). The van der Waals surface area contributed by atoms with E-state index in [0.717, 1.165) is 11.3 Å². The van der Waals surface area contributed by atoms with Gasteiger partial charge in [-0.2, -0.15) is 5.26 Å². The van der Waals surface area contributed by atoms with Crippen LogP contribution < -0.4 is 5.32 Å². The van der Waals surface area contributed by atoms with Crippen LogP contribution in [-0.2, 0) is 13.1 Å². The third-order valence-electron chi connectivity index (χ3n) is 2.79. The molecule has 0 saturated heterocycles. The van der Waals surface area contributed by atoms with Gasteiger partial charge in [0.2, 0.25) is 0 Å². The van der Waals surface area contributed by atoms with E-state index in [1.54, 1.807) is 18.2 Å². The van der Waals surface area contributed by atoms with Gasteiger partial charge >= 0.3 is 5.97 Å². The zero-order chi connectivity index (χ0) is 14.4. The molecule has 2 aromatic rings.